The average molecular weight is 646 g/mol. The number of carboxylic acids is 1. The predicted octanol–water partition coefficient (Wildman–Crippen LogP) is 7.09. The van der Waals surface area contributed by atoms with Crippen molar-refractivity contribution < 1.29 is 19.4 Å². The molecule has 1 aliphatic heterocycles. The Kier molecular flexibility index (Phi) is 8.09. The number of fused-ring (bicyclic) bond motifs is 2. The van der Waals surface area contributed by atoms with Gasteiger partial charge >= 0.3 is 5.97 Å². The van der Waals surface area contributed by atoms with Crippen LogP contribution in [0.2, 0.25) is 5.02 Å². The second-order valence-corrected chi connectivity index (χ2v) is 13.8. The van der Waals surface area contributed by atoms with Gasteiger partial charge in [-0.05, 0) is 82.1 Å². The van der Waals surface area contributed by atoms with E-state index in [0.29, 0.717) is 36.8 Å². The number of carbonyl (C=O) groups is 2. The molecule has 1 amide bonds. The number of benzene rings is 3. The van der Waals surface area contributed by atoms with Gasteiger partial charge in [-0.3, -0.25) is 9.48 Å². The highest BCUT2D eigenvalue weighted by Crippen LogP contribution is 2.45. The standard InChI is InChI=1S/C34H36ClN5O4S/c1-7-39-14-15-40(18-26(39)41)31-23-17-21(10-13-25(23)38(6)37-31)32-36-24-16-19(2)27(29(33(42)43)44-34(3,4)5)28(30(24)45-32)20-8-11-22(35)12-9-20/h8-13,16-17,29H,7,14-15,18H2,1-6H3,(H,42,43)/t29-/m0/s1. The Bertz CT molecular complexity index is 1940. The number of halogens is 1. The predicted molar refractivity (Wildman–Crippen MR) is 180 cm³/mol. The number of anilines is 1. The summed E-state index contributed by atoms with van der Waals surface area (Å²) >= 11 is 7.77. The number of carbonyl (C=O) groups excluding carboxylic acids is 1. The summed E-state index contributed by atoms with van der Waals surface area (Å²) in [6.07, 6.45) is -1.18. The van der Waals surface area contributed by atoms with Gasteiger partial charge in [0.15, 0.2) is 11.9 Å². The van der Waals surface area contributed by atoms with Crippen LogP contribution < -0.4 is 4.90 Å². The fraction of sp³-hybridized carbons (Fsp3) is 0.353. The molecule has 0 saturated carbocycles. The zero-order valence-corrected chi connectivity index (χ0v) is 27.8. The molecule has 0 bridgehead atoms. The van der Waals surface area contributed by atoms with E-state index in [9.17, 15) is 14.7 Å². The number of aromatic nitrogens is 3. The molecule has 6 rings (SSSR count). The molecule has 0 aliphatic carbocycles. The molecule has 1 N–H and O–H groups in total. The zero-order valence-electron chi connectivity index (χ0n) is 26.2. The van der Waals surface area contributed by atoms with Crippen molar-refractivity contribution in [1.29, 1.82) is 0 Å². The number of likely N-dealkylation sites (N-methyl/N-ethyl adjacent to an activating group) is 1. The van der Waals surface area contributed by atoms with E-state index in [4.69, 9.17) is 26.4 Å². The smallest absolute Gasteiger partial charge is 0.337 e. The molecule has 3 aromatic carbocycles. The van der Waals surface area contributed by atoms with Gasteiger partial charge < -0.3 is 19.6 Å². The summed E-state index contributed by atoms with van der Waals surface area (Å²) in [6, 6.07) is 15.5. The van der Waals surface area contributed by atoms with E-state index in [0.717, 1.165) is 54.2 Å². The number of aliphatic carboxylic acids is 1. The summed E-state index contributed by atoms with van der Waals surface area (Å²) in [5, 5.41) is 17.5. The van der Waals surface area contributed by atoms with Crippen LogP contribution >= 0.6 is 22.9 Å². The number of thiazole rings is 1. The van der Waals surface area contributed by atoms with Crippen LogP contribution in [0.4, 0.5) is 5.82 Å². The van der Waals surface area contributed by atoms with E-state index < -0.39 is 17.7 Å². The van der Waals surface area contributed by atoms with Crippen LogP contribution in [0.15, 0.2) is 48.5 Å². The average Bonchev–Trinajstić information content (AvgIpc) is 3.56. The minimum atomic E-state index is -1.18. The first kappa shape index (κ1) is 31.0. The lowest BCUT2D eigenvalue weighted by Crippen LogP contribution is -2.50. The van der Waals surface area contributed by atoms with Gasteiger partial charge in [-0.25, -0.2) is 9.78 Å². The summed E-state index contributed by atoms with van der Waals surface area (Å²) in [6.45, 7) is 11.8. The second kappa shape index (κ2) is 11.7. The van der Waals surface area contributed by atoms with Crippen LogP contribution in [0.25, 0.3) is 42.8 Å². The third kappa shape index (κ3) is 5.90. The zero-order chi connectivity index (χ0) is 32.2. The number of ether oxygens (including phenoxy) is 1. The molecule has 1 atom stereocenters. The topological polar surface area (TPSA) is 101 Å². The van der Waals surface area contributed by atoms with E-state index in [-0.39, 0.29) is 5.91 Å². The molecule has 0 radical (unpaired) electrons. The number of carboxylic acid groups (broad SMARTS) is 1. The van der Waals surface area contributed by atoms with Crippen molar-refractivity contribution in [2.75, 3.05) is 31.1 Å². The lowest BCUT2D eigenvalue weighted by Gasteiger charge is -2.33. The molecule has 11 heteroatoms. The normalized spacial score (nSPS) is 15.0. The number of aryl methyl sites for hydroxylation is 2. The van der Waals surface area contributed by atoms with Crippen molar-refractivity contribution >= 4 is 61.8 Å². The highest BCUT2D eigenvalue weighted by atomic mass is 35.5. The molecule has 0 spiro atoms. The highest BCUT2D eigenvalue weighted by Gasteiger charge is 2.33. The Labute approximate surface area is 271 Å². The Balaban J connectivity index is 1.52. The van der Waals surface area contributed by atoms with Crippen LogP contribution in [0.1, 0.15) is 44.9 Å². The Morgan fingerprint density at radius 1 is 1.11 bits per heavy atom. The molecule has 234 valence electrons. The molecular formula is C34H36ClN5O4S. The summed E-state index contributed by atoms with van der Waals surface area (Å²) in [5.74, 6) is -0.177. The summed E-state index contributed by atoms with van der Waals surface area (Å²) in [5.41, 5.74) is 4.95. The van der Waals surface area contributed by atoms with Gasteiger partial charge in [-0.2, -0.15) is 5.10 Å². The van der Waals surface area contributed by atoms with Gasteiger partial charge in [-0.1, -0.05) is 23.7 Å². The molecule has 5 aromatic rings. The van der Waals surface area contributed by atoms with Crippen molar-refractivity contribution in [2.45, 2.75) is 46.3 Å². The first-order valence-electron chi connectivity index (χ1n) is 14.9. The minimum absolute atomic E-state index is 0.0980. The lowest BCUT2D eigenvalue weighted by molar-refractivity contribution is -0.160. The minimum Gasteiger partial charge on any atom is -0.479 e. The Morgan fingerprint density at radius 2 is 1.82 bits per heavy atom. The summed E-state index contributed by atoms with van der Waals surface area (Å²) in [4.78, 5) is 34.4. The van der Waals surface area contributed by atoms with Gasteiger partial charge in [-0.15, -0.1) is 11.3 Å². The highest BCUT2D eigenvalue weighted by molar-refractivity contribution is 7.22. The fourth-order valence-corrected chi connectivity index (χ4v) is 7.25. The molecular weight excluding hydrogens is 610 g/mol. The van der Waals surface area contributed by atoms with E-state index in [1.807, 2.05) is 81.6 Å². The molecule has 9 nitrogen and oxygen atoms in total. The molecule has 2 aromatic heterocycles. The monoisotopic (exact) mass is 645 g/mol. The number of amides is 1. The Hall–Kier alpha value is -3.99. The van der Waals surface area contributed by atoms with Gasteiger partial charge in [0.2, 0.25) is 5.91 Å². The van der Waals surface area contributed by atoms with Crippen LogP contribution in [0, 0.1) is 6.92 Å². The first-order chi connectivity index (χ1) is 21.3. The van der Waals surface area contributed by atoms with Gasteiger partial charge in [0, 0.05) is 53.8 Å². The Morgan fingerprint density at radius 3 is 2.47 bits per heavy atom. The molecule has 0 unspecified atom stereocenters. The van der Waals surface area contributed by atoms with Crippen molar-refractivity contribution in [1.82, 2.24) is 19.7 Å². The SMILES string of the molecule is CCN1CCN(c2nn(C)c3ccc(-c4nc5cc(C)c([C@H](OC(C)(C)C)C(=O)O)c(-c6ccc(Cl)cc6)c5s4)cc23)CC1=O. The van der Waals surface area contributed by atoms with E-state index in [1.165, 1.54) is 11.3 Å². The summed E-state index contributed by atoms with van der Waals surface area (Å²) < 4.78 is 8.86. The van der Waals surface area contributed by atoms with Crippen LogP contribution in [-0.2, 0) is 21.4 Å². The molecule has 1 fully saturated rings. The van der Waals surface area contributed by atoms with Crippen LogP contribution in [0.5, 0.6) is 0 Å². The second-order valence-electron chi connectivity index (χ2n) is 12.4. The maximum atomic E-state index is 12.7. The molecule has 3 heterocycles. The number of hydrogen-bond acceptors (Lipinski definition) is 7. The molecule has 1 saturated heterocycles. The van der Waals surface area contributed by atoms with Crippen molar-refractivity contribution in [3.05, 3.63) is 64.7 Å². The largest absolute Gasteiger partial charge is 0.479 e. The van der Waals surface area contributed by atoms with Crippen LogP contribution in [0.3, 0.4) is 0 Å². The van der Waals surface area contributed by atoms with Crippen molar-refractivity contribution in [2.24, 2.45) is 7.05 Å². The number of hydrogen-bond donors (Lipinski definition) is 1. The van der Waals surface area contributed by atoms with E-state index in [2.05, 4.69) is 11.0 Å². The number of nitrogens with zero attached hydrogens (tertiary/aromatic N) is 5. The maximum absolute atomic E-state index is 12.7. The van der Waals surface area contributed by atoms with Crippen molar-refractivity contribution in [3.63, 3.8) is 0 Å². The summed E-state index contributed by atoms with van der Waals surface area (Å²) in [7, 11) is 1.91. The molecule has 45 heavy (non-hydrogen) atoms. The quantitative estimate of drug-likeness (QED) is 0.202. The number of piperazine rings is 1. The van der Waals surface area contributed by atoms with Crippen molar-refractivity contribution in [3.8, 4) is 21.7 Å². The van der Waals surface area contributed by atoms with E-state index in [1.54, 1.807) is 12.1 Å². The maximum Gasteiger partial charge on any atom is 0.337 e. The van der Waals surface area contributed by atoms with E-state index >= 15 is 0 Å². The third-order valence-electron chi connectivity index (χ3n) is 8.10. The fourth-order valence-electron chi connectivity index (χ4n) is 6.00. The first-order valence-corrected chi connectivity index (χ1v) is 16.1. The van der Waals surface area contributed by atoms with Gasteiger partial charge in [0.1, 0.15) is 5.01 Å². The van der Waals surface area contributed by atoms with Gasteiger partial charge in [0.25, 0.3) is 0 Å². The lowest BCUT2D eigenvalue weighted by atomic mass is 9.91. The number of rotatable bonds is 7. The van der Waals surface area contributed by atoms with Crippen LogP contribution in [-0.4, -0.2) is 68.4 Å². The third-order valence-corrected chi connectivity index (χ3v) is 9.49. The molecule has 1 aliphatic rings. The van der Waals surface area contributed by atoms with Gasteiger partial charge in [0.05, 0.1) is 27.9 Å².